The molecule has 0 bridgehead atoms. The van der Waals surface area contributed by atoms with Crippen LogP contribution in [0.3, 0.4) is 0 Å². The fourth-order valence-corrected chi connectivity index (χ4v) is 5.27. The van der Waals surface area contributed by atoms with Crippen LogP contribution in [0, 0.1) is 5.82 Å². The minimum atomic E-state index is -3.67. The van der Waals surface area contributed by atoms with E-state index in [0.29, 0.717) is 13.0 Å². The third kappa shape index (κ3) is 3.21. The molecule has 0 aromatic heterocycles. The molecular formula is C13H17BrFNO3S. The molecule has 1 aromatic carbocycles. The minimum absolute atomic E-state index is 0.0404. The fourth-order valence-electron chi connectivity index (χ4n) is 2.54. The van der Waals surface area contributed by atoms with E-state index in [1.807, 2.05) is 0 Å². The van der Waals surface area contributed by atoms with Gasteiger partial charge in [0, 0.05) is 23.7 Å². The number of piperidine rings is 1. The maximum atomic E-state index is 13.1. The predicted molar refractivity (Wildman–Crippen MR) is 77.3 cm³/mol. The van der Waals surface area contributed by atoms with Crippen molar-refractivity contribution < 1.29 is 17.9 Å². The van der Waals surface area contributed by atoms with Crippen LogP contribution in [0.15, 0.2) is 27.6 Å². The molecule has 0 saturated carbocycles. The highest BCUT2D eigenvalue weighted by molar-refractivity contribution is 9.10. The highest BCUT2D eigenvalue weighted by Crippen LogP contribution is 2.31. The van der Waals surface area contributed by atoms with Gasteiger partial charge >= 0.3 is 0 Å². The van der Waals surface area contributed by atoms with Crippen LogP contribution in [-0.2, 0) is 10.0 Å². The topological polar surface area (TPSA) is 57.6 Å². The number of nitrogens with zero attached hydrogens (tertiary/aromatic N) is 1. The number of benzene rings is 1. The zero-order valence-electron chi connectivity index (χ0n) is 10.9. The second-order valence-corrected chi connectivity index (χ2v) is 7.57. The summed E-state index contributed by atoms with van der Waals surface area (Å²) in [6, 6.07) is 3.38. The molecule has 1 N–H and O–H groups in total. The molecule has 1 aliphatic heterocycles. The van der Waals surface area contributed by atoms with Gasteiger partial charge in [-0.3, -0.25) is 0 Å². The summed E-state index contributed by atoms with van der Waals surface area (Å²) < 4.78 is 40.2. The molecule has 7 heteroatoms. The molecule has 1 fully saturated rings. The zero-order valence-corrected chi connectivity index (χ0v) is 13.3. The van der Waals surface area contributed by atoms with Crippen molar-refractivity contribution in [2.45, 2.75) is 36.6 Å². The van der Waals surface area contributed by atoms with Gasteiger partial charge in [-0.1, -0.05) is 6.42 Å². The molecular weight excluding hydrogens is 349 g/mol. The first-order valence-electron chi connectivity index (χ1n) is 6.54. The van der Waals surface area contributed by atoms with Crippen LogP contribution >= 0.6 is 15.9 Å². The average Bonchev–Trinajstić information content (AvgIpc) is 2.39. The van der Waals surface area contributed by atoms with Crippen molar-refractivity contribution in [1.82, 2.24) is 4.31 Å². The van der Waals surface area contributed by atoms with Crippen LogP contribution in [-0.4, -0.2) is 37.0 Å². The van der Waals surface area contributed by atoms with E-state index >= 15 is 0 Å². The summed E-state index contributed by atoms with van der Waals surface area (Å²) in [6.07, 6.45) is 2.94. The lowest BCUT2D eigenvalue weighted by Gasteiger charge is -2.34. The minimum Gasteiger partial charge on any atom is -0.396 e. The molecule has 0 radical (unpaired) electrons. The number of rotatable bonds is 4. The van der Waals surface area contributed by atoms with Gasteiger partial charge in [-0.15, -0.1) is 0 Å². The summed E-state index contributed by atoms with van der Waals surface area (Å²) >= 11 is 3.11. The Morgan fingerprint density at radius 3 is 2.80 bits per heavy atom. The molecule has 1 atom stereocenters. The van der Waals surface area contributed by atoms with E-state index in [1.54, 1.807) is 0 Å². The third-order valence-corrected chi connectivity index (χ3v) is 6.44. The normalized spacial score (nSPS) is 21.1. The standard InChI is InChI=1S/C13H17BrFNO3S/c14-12-9-10(15)4-5-13(12)20(18,19)16-7-2-1-3-11(16)6-8-17/h4-5,9,11,17H,1-3,6-8H2. The van der Waals surface area contributed by atoms with Crippen molar-refractivity contribution in [3.8, 4) is 0 Å². The second kappa shape index (κ2) is 6.51. The van der Waals surface area contributed by atoms with Crippen molar-refractivity contribution in [2.75, 3.05) is 13.2 Å². The van der Waals surface area contributed by atoms with Crippen LogP contribution in [0.5, 0.6) is 0 Å². The van der Waals surface area contributed by atoms with Crippen LogP contribution in [0.25, 0.3) is 0 Å². The molecule has 112 valence electrons. The molecule has 0 amide bonds. The second-order valence-electron chi connectivity index (χ2n) is 4.85. The van der Waals surface area contributed by atoms with Gasteiger partial charge in [0.15, 0.2) is 0 Å². The fraction of sp³-hybridized carbons (Fsp3) is 0.538. The predicted octanol–water partition coefficient (Wildman–Crippen LogP) is 2.51. The number of sulfonamides is 1. The molecule has 1 saturated heterocycles. The van der Waals surface area contributed by atoms with Gasteiger partial charge in [0.25, 0.3) is 0 Å². The van der Waals surface area contributed by atoms with Gasteiger partial charge in [0.1, 0.15) is 5.82 Å². The highest BCUT2D eigenvalue weighted by atomic mass is 79.9. The van der Waals surface area contributed by atoms with Crippen molar-refractivity contribution >= 4 is 26.0 Å². The molecule has 1 aliphatic rings. The Morgan fingerprint density at radius 1 is 1.40 bits per heavy atom. The summed E-state index contributed by atoms with van der Waals surface area (Å²) in [5, 5.41) is 9.08. The lowest BCUT2D eigenvalue weighted by molar-refractivity contribution is 0.192. The van der Waals surface area contributed by atoms with E-state index in [9.17, 15) is 12.8 Å². The molecule has 4 nitrogen and oxygen atoms in total. The highest BCUT2D eigenvalue weighted by Gasteiger charge is 2.34. The summed E-state index contributed by atoms with van der Waals surface area (Å²) in [5.41, 5.74) is 0. The first-order chi connectivity index (χ1) is 9.46. The summed E-state index contributed by atoms with van der Waals surface area (Å²) in [6.45, 7) is 0.401. The molecule has 0 spiro atoms. The summed E-state index contributed by atoms with van der Waals surface area (Å²) in [7, 11) is -3.67. The molecule has 2 rings (SSSR count). The maximum absolute atomic E-state index is 13.1. The van der Waals surface area contributed by atoms with E-state index in [-0.39, 0.29) is 22.0 Å². The first kappa shape index (κ1) is 15.9. The van der Waals surface area contributed by atoms with E-state index in [4.69, 9.17) is 5.11 Å². The molecule has 0 aliphatic carbocycles. The Kier molecular flexibility index (Phi) is 5.17. The Morgan fingerprint density at radius 2 is 2.15 bits per heavy atom. The van der Waals surface area contributed by atoms with Crippen LogP contribution in [0.4, 0.5) is 4.39 Å². The monoisotopic (exact) mass is 365 g/mol. The SMILES string of the molecule is O=S(=O)(c1ccc(F)cc1Br)N1CCCCC1CCO. The summed E-state index contributed by atoms with van der Waals surface area (Å²) in [5.74, 6) is -0.485. The quantitative estimate of drug-likeness (QED) is 0.891. The van der Waals surface area contributed by atoms with E-state index in [1.165, 1.54) is 10.4 Å². The maximum Gasteiger partial charge on any atom is 0.244 e. The number of aliphatic hydroxyl groups excluding tert-OH is 1. The molecule has 1 aromatic rings. The van der Waals surface area contributed by atoms with Crippen LogP contribution in [0.1, 0.15) is 25.7 Å². The summed E-state index contributed by atoms with van der Waals surface area (Å²) in [4.78, 5) is 0.0729. The number of hydrogen-bond acceptors (Lipinski definition) is 3. The zero-order chi connectivity index (χ0) is 14.8. The van der Waals surface area contributed by atoms with Crippen molar-refractivity contribution in [3.05, 3.63) is 28.5 Å². The van der Waals surface area contributed by atoms with Crippen molar-refractivity contribution in [3.63, 3.8) is 0 Å². The number of hydrogen-bond donors (Lipinski definition) is 1. The smallest absolute Gasteiger partial charge is 0.244 e. The largest absolute Gasteiger partial charge is 0.396 e. The molecule has 1 unspecified atom stereocenters. The average molecular weight is 366 g/mol. The lowest BCUT2D eigenvalue weighted by Crippen LogP contribution is -2.44. The van der Waals surface area contributed by atoms with Gasteiger partial charge in [-0.05, 0) is 53.4 Å². The Hall–Kier alpha value is -0.500. The number of aliphatic hydroxyl groups is 1. The van der Waals surface area contributed by atoms with E-state index < -0.39 is 15.8 Å². The lowest BCUT2D eigenvalue weighted by atomic mass is 10.0. The van der Waals surface area contributed by atoms with E-state index in [0.717, 1.165) is 31.4 Å². The van der Waals surface area contributed by atoms with Gasteiger partial charge in [0.2, 0.25) is 10.0 Å². The Bertz CT molecular complexity index is 577. The van der Waals surface area contributed by atoms with Crippen LogP contribution in [0.2, 0.25) is 0 Å². The van der Waals surface area contributed by atoms with Crippen LogP contribution < -0.4 is 0 Å². The Balaban J connectivity index is 2.37. The van der Waals surface area contributed by atoms with Crippen molar-refractivity contribution in [1.29, 1.82) is 0 Å². The number of halogens is 2. The third-order valence-electron chi connectivity index (χ3n) is 3.52. The van der Waals surface area contributed by atoms with Gasteiger partial charge in [0.05, 0.1) is 4.90 Å². The first-order valence-corrected chi connectivity index (χ1v) is 8.78. The van der Waals surface area contributed by atoms with E-state index in [2.05, 4.69) is 15.9 Å². The van der Waals surface area contributed by atoms with Crippen molar-refractivity contribution in [2.24, 2.45) is 0 Å². The van der Waals surface area contributed by atoms with Gasteiger partial charge in [-0.2, -0.15) is 4.31 Å². The molecule has 1 heterocycles. The Labute approximate surface area is 126 Å². The van der Waals surface area contributed by atoms with Gasteiger partial charge < -0.3 is 5.11 Å². The van der Waals surface area contributed by atoms with Gasteiger partial charge in [-0.25, -0.2) is 12.8 Å². The molecule has 20 heavy (non-hydrogen) atoms.